The van der Waals surface area contributed by atoms with Crippen molar-refractivity contribution in [2.45, 2.75) is 45.9 Å². The standard InChI is InChI=1S/C18H18F3N5O4/c1-5-10-12(15(27)28)13(18(19,20)21)26(25-10)11-7-6-9(8-22)14(23-11)24-16(29)30-17(2,3)4/h6-7H,5H2,1-4H3,(H,27,28)(H,23,24,29). The van der Waals surface area contributed by atoms with Crippen LogP contribution in [-0.4, -0.2) is 37.5 Å². The third kappa shape index (κ3) is 4.86. The third-order valence-electron chi connectivity index (χ3n) is 3.61. The Morgan fingerprint density at radius 1 is 1.30 bits per heavy atom. The summed E-state index contributed by atoms with van der Waals surface area (Å²) in [5, 5.41) is 24.4. The first kappa shape index (κ1) is 22.7. The number of alkyl halides is 3. The predicted molar refractivity (Wildman–Crippen MR) is 97.3 cm³/mol. The van der Waals surface area contributed by atoms with Gasteiger partial charge in [-0.1, -0.05) is 6.92 Å². The number of aromatic nitrogens is 3. The number of hydrogen-bond donors (Lipinski definition) is 2. The summed E-state index contributed by atoms with van der Waals surface area (Å²) in [6, 6.07) is 3.94. The number of aryl methyl sites for hydroxylation is 1. The highest BCUT2D eigenvalue weighted by molar-refractivity contribution is 5.91. The van der Waals surface area contributed by atoms with Crippen molar-refractivity contribution in [2.24, 2.45) is 0 Å². The molecule has 2 rings (SSSR count). The Balaban J connectivity index is 2.65. The average Bonchev–Trinajstić information content (AvgIpc) is 3.00. The number of carbonyl (C=O) groups is 2. The fourth-order valence-electron chi connectivity index (χ4n) is 2.52. The van der Waals surface area contributed by atoms with Crippen LogP contribution in [0.3, 0.4) is 0 Å². The van der Waals surface area contributed by atoms with Gasteiger partial charge in [0.1, 0.15) is 17.2 Å². The van der Waals surface area contributed by atoms with Gasteiger partial charge < -0.3 is 9.84 Å². The fourth-order valence-corrected chi connectivity index (χ4v) is 2.52. The van der Waals surface area contributed by atoms with Gasteiger partial charge in [-0.05, 0) is 39.3 Å². The van der Waals surface area contributed by atoms with Gasteiger partial charge in [-0.2, -0.15) is 23.5 Å². The van der Waals surface area contributed by atoms with Gasteiger partial charge >= 0.3 is 18.2 Å². The van der Waals surface area contributed by atoms with E-state index in [9.17, 15) is 33.1 Å². The summed E-state index contributed by atoms with van der Waals surface area (Å²) in [5.74, 6) is -2.58. The summed E-state index contributed by atoms with van der Waals surface area (Å²) in [6.07, 6.45) is -6.10. The molecule has 0 atom stereocenters. The van der Waals surface area contributed by atoms with E-state index in [0.29, 0.717) is 4.68 Å². The Morgan fingerprint density at radius 3 is 2.40 bits per heavy atom. The summed E-state index contributed by atoms with van der Waals surface area (Å²) in [5.41, 5.74) is -3.81. The Bertz CT molecular complexity index is 1030. The molecule has 0 radical (unpaired) electrons. The monoisotopic (exact) mass is 425 g/mol. The minimum atomic E-state index is -5.05. The number of nitriles is 1. The maximum Gasteiger partial charge on any atom is 0.434 e. The van der Waals surface area contributed by atoms with Gasteiger partial charge in [-0.3, -0.25) is 5.32 Å². The van der Waals surface area contributed by atoms with Crippen LogP contribution >= 0.6 is 0 Å². The molecule has 160 valence electrons. The normalized spacial score (nSPS) is 11.7. The molecule has 2 aromatic rings. The van der Waals surface area contributed by atoms with E-state index < -0.39 is 40.9 Å². The highest BCUT2D eigenvalue weighted by Crippen LogP contribution is 2.35. The van der Waals surface area contributed by atoms with Crippen LogP contribution in [0.2, 0.25) is 0 Å². The van der Waals surface area contributed by atoms with Crippen molar-refractivity contribution in [3.63, 3.8) is 0 Å². The molecule has 0 aliphatic carbocycles. The van der Waals surface area contributed by atoms with E-state index in [2.05, 4.69) is 15.4 Å². The molecule has 2 aromatic heterocycles. The van der Waals surface area contributed by atoms with Crippen molar-refractivity contribution in [1.82, 2.24) is 14.8 Å². The van der Waals surface area contributed by atoms with Crippen LogP contribution in [-0.2, 0) is 17.3 Å². The van der Waals surface area contributed by atoms with Crippen molar-refractivity contribution in [3.8, 4) is 11.9 Å². The molecule has 1 amide bonds. The average molecular weight is 425 g/mol. The van der Waals surface area contributed by atoms with Crippen LogP contribution < -0.4 is 5.32 Å². The number of hydrogen-bond acceptors (Lipinski definition) is 6. The molecule has 0 saturated carbocycles. The van der Waals surface area contributed by atoms with Gasteiger partial charge in [0.2, 0.25) is 0 Å². The lowest BCUT2D eigenvalue weighted by Gasteiger charge is -2.20. The second kappa shape index (κ2) is 8.02. The molecular formula is C18H18F3N5O4. The third-order valence-corrected chi connectivity index (χ3v) is 3.61. The van der Waals surface area contributed by atoms with Crippen LogP contribution in [0, 0.1) is 11.3 Å². The number of ether oxygens (including phenoxy) is 1. The number of nitrogens with zero attached hydrogens (tertiary/aromatic N) is 4. The smallest absolute Gasteiger partial charge is 0.434 e. The first-order valence-corrected chi connectivity index (χ1v) is 8.62. The van der Waals surface area contributed by atoms with Crippen LogP contribution in [0.5, 0.6) is 0 Å². The molecule has 30 heavy (non-hydrogen) atoms. The lowest BCUT2D eigenvalue weighted by Crippen LogP contribution is -2.28. The Hall–Kier alpha value is -3.62. The van der Waals surface area contributed by atoms with Gasteiger partial charge in [0, 0.05) is 0 Å². The predicted octanol–water partition coefficient (Wildman–Crippen LogP) is 3.77. The zero-order valence-corrected chi connectivity index (χ0v) is 16.5. The van der Waals surface area contributed by atoms with Crippen LogP contribution in [0.25, 0.3) is 5.82 Å². The second-order valence-electron chi connectivity index (χ2n) is 7.04. The second-order valence-corrected chi connectivity index (χ2v) is 7.04. The summed E-state index contributed by atoms with van der Waals surface area (Å²) in [7, 11) is 0. The summed E-state index contributed by atoms with van der Waals surface area (Å²) < 4.78 is 46.4. The van der Waals surface area contributed by atoms with Crippen molar-refractivity contribution in [1.29, 1.82) is 5.26 Å². The topological polar surface area (TPSA) is 130 Å². The maximum atomic E-state index is 13.7. The molecular weight excluding hydrogens is 407 g/mol. The Labute approximate surface area is 169 Å². The van der Waals surface area contributed by atoms with Gasteiger partial charge in [-0.15, -0.1) is 0 Å². The van der Waals surface area contributed by atoms with E-state index in [1.54, 1.807) is 26.8 Å². The van der Waals surface area contributed by atoms with E-state index in [1.807, 2.05) is 0 Å². The number of anilines is 1. The zero-order chi connectivity index (χ0) is 22.9. The molecule has 0 bridgehead atoms. The Morgan fingerprint density at radius 2 is 1.93 bits per heavy atom. The quantitative estimate of drug-likeness (QED) is 0.763. The number of carboxylic acid groups (broad SMARTS) is 1. The molecule has 0 saturated heterocycles. The number of aromatic carboxylic acids is 1. The SMILES string of the molecule is CCc1nn(-c2ccc(C#N)c(NC(=O)OC(C)(C)C)n2)c(C(F)(F)F)c1C(=O)O. The molecule has 2 heterocycles. The zero-order valence-electron chi connectivity index (χ0n) is 16.5. The minimum Gasteiger partial charge on any atom is -0.478 e. The summed E-state index contributed by atoms with van der Waals surface area (Å²) >= 11 is 0. The van der Waals surface area contributed by atoms with E-state index in [0.717, 1.165) is 12.1 Å². The van der Waals surface area contributed by atoms with E-state index in [1.165, 1.54) is 6.92 Å². The lowest BCUT2D eigenvalue weighted by atomic mass is 10.1. The van der Waals surface area contributed by atoms with E-state index in [4.69, 9.17) is 4.74 Å². The number of pyridine rings is 1. The molecule has 0 fully saturated rings. The molecule has 0 aliphatic rings. The number of halogens is 3. The first-order valence-electron chi connectivity index (χ1n) is 8.62. The van der Waals surface area contributed by atoms with Crippen molar-refractivity contribution >= 4 is 17.9 Å². The lowest BCUT2D eigenvalue weighted by molar-refractivity contribution is -0.143. The van der Waals surface area contributed by atoms with Gasteiger partial charge in [0.25, 0.3) is 0 Å². The Kier molecular flexibility index (Phi) is 6.06. The number of carbonyl (C=O) groups excluding carboxylic acids is 1. The highest BCUT2D eigenvalue weighted by atomic mass is 19.4. The van der Waals surface area contributed by atoms with Crippen LogP contribution in [0.15, 0.2) is 12.1 Å². The van der Waals surface area contributed by atoms with Crippen LogP contribution in [0.4, 0.5) is 23.8 Å². The van der Waals surface area contributed by atoms with Gasteiger partial charge in [0.15, 0.2) is 17.3 Å². The number of nitrogens with one attached hydrogen (secondary N) is 1. The molecule has 12 heteroatoms. The largest absolute Gasteiger partial charge is 0.478 e. The molecule has 0 unspecified atom stereocenters. The fraction of sp³-hybridized carbons (Fsp3) is 0.389. The van der Waals surface area contributed by atoms with E-state index in [-0.39, 0.29) is 23.5 Å². The molecule has 0 aliphatic heterocycles. The molecule has 2 N–H and O–H groups in total. The summed E-state index contributed by atoms with van der Waals surface area (Å²) in [6.45, 7) is 6.25. The molecule has 9 nitrogen and oxygen atoms in total. The van der Waals surface area contributed by atoms with E-state index >= 15 is 0 Å². The first-order chi connectivity index (χ1) is 13.8. The molecule has 0 spiro atoms. The summed E-state index contributed by atoms with van der Waals surface area (Å²) in [4.78, 5) is 27.3. The highest BCUT2D eigenvalue weighted by Gasteiger charge is 2.42. The maximum absolute atomic E-state index is 13.7. The number of rotatable bonds is 4. The van der Waals surface area contributed by atoms with Gasteiger partial charge in [-0.25, -0.2) is 19.3 Å². The van der Waals surface area contributed by atoms with Crippen molar-refractivity contribution < 1.29 is 32.6 Å². The van der Waals surface area contributed by atoms with Crippen molar-refractivity contribution in [3.05, 3.63) is 34.6 Å². The molecule has 0 aromatic carbocycles. The number of amides is 1. The van der Waals surface area contributed by atoms with Crippen molar-refractivity contribution in [2.75, 3.05) is 5.32 Å². The van der Waals surface area contributed by atoms with Crippen LogP contribution in [0.1, 0.15) is 55.0 Å². The van der Waals surface area contributed by atoms with Gasteiger partial charge in [0.05, 0.1) is 11.3 Å². The number of carboxylic acids is 1. The minimum absolute atomic E-state index is 0.0724.